The number of aromatic nitrogens is 2. The van der Waals surface area contributed by atoms with Crippen LogP contribution in [-0.2, 0) is 29.1 Å². The highest BCUT2D eigenvalue weighted by atomic mass is 16.7. The van der Waals surface area contributed by atoms with Gasteiger partial charge in [-0.15, -0.1) is 0 Å². The molecular weight excluding hydrogens is 514 g/mol. The maximum absolute atomic E-state index is 5.74. The summed E-state index contributed by atoms with van der Waals surface area (Å²) in [5.41, 5.74) is 6.98. The molecule has 4 aromatic rings. The van der Waals surface area contributed by atoms with Gasteiger partial charge in [-0.3, -0.25) is 4.90 Å². The minimum Gasteiger partial charge on any atom is -0.458 e. The molecule has 0 bridgehead atoms. The fraction of sp³-hybridized carbons (Fsp3) is 0.265. The maximum atomic E-state index is 5.74. The number of allylic oxidation sites excluding steroid dienone is 2. The molecule has 0 N–H and O–H groups in total. The molecule has 2 aliphatic heterocycles. The molecule has 0 unspecified atom stereocenters. The van der Waals surface area contributed by atoms with Crippen molar-refractivity contribution in [2.45, 2.75) is 39.4 Å². The van der Waals surface area contributed by atoms with Crippen LogP contribution >= 0.6 is 0 Å². The van der Waals surface area contributed by atoms with Crippen LogP contribution in [0.25, 0.3) is 22.6 Å². The zero-order valence-corrected chi connectivity index (χ0v) is 23.2. The second kappa shape index (κ2) is 11.2. The Kier molecular flexibility index (Phi) is 6.95. The van der Waals surface area contributed by atoms with Gasteiger partial charge in [-0.2, -0.15) is 0 Å². The molecule has 7 rings (SSSR count). The van der Waals surface area contributed by atoms with Crippen molar-refractivity contribution in [1.29, 1.82) is 0 Å². The lowest BCUT2D eigenvalue weighted by Gasteiger charge is -2.26. The summed E-state index contributed by atoms with van der Waals surface area (Å²) in [7, 11) is 0. The van der Waals surface area contributed by atoms with Crippen molar-refractivity contribution in [3.63, 3.8) is 0 Å². The van der Waals surface area contributed by atoms with Gasteiger partial charge in [0.15, 0.2) is 17.3 Å². The molecule has 41 heavy (non-hydrogen) atoms. The largest absolute Gasteiger partial charge is 0.458 e. The minimum absolute atomic E-state index is 0.271. The Morgan fingerprint density at radius 3 is 2.32 bits per heavy atom. The third-order valence-electron chi connectivity index (χ3n) is 7.84. The maximum Gasteiger partial charge on any atom is 0.231 e. The van der Waals surface area contributed by atoms with Crippen LogP contribution in [0.15, 0.2) is 102 Å². The number of rotatable bonds is 9. The fourth-order valence-corrected chi connectivity index (χ4v) is 5.88. The van der Waals surface area contributed by atoms with Gasteiger partial charge < -0.3 is 23.5 Å². The molecule has 0 spiro atoms. The van der Waals surface area contributed by atoms with Gasteiger partial charge in [-0.05, 0) is 37.1 Å². The van der Waals surface area contributed by atoms with Gasteiger partial charge >= 0.3 is 0 Å². The summed E-state index contributed by atoms with van der Waals surface area (Å²) in [5, 5.41) is 0. The summed E-state index contributed by atoms with van der Waals surface area (Å²) in [6, 6.07) is 27.2. The highest BCUT2D eigenvalue weighted by molar-refractivity contribution is 5.68. The van der Waals surface area contributed by atoms with E-state index in [0.29, 0.717) is 6.79 Å². The van der Waals surface area contributed by atoms with E-state index in [1.807, 2.05) is 12.1 Å². The third-order valence-corrected chi connectivity index (χ3v) is 7.84. The van der Waals surface area contributed by atoms with Gasteiger partial charge in [0.05, 0.1) is 11.4 Å². The predicted molar refractivity (Wildman–Crippen MR) is 157 cm³/mol. The van der Waals surface area contributed by atoms with Crippen molar-refractivity contribution in [3.8, 4) is 34.1 Å². The van der Waals surface area contributed by atoms with Crippen molar-refractivity contribution in [2.75, 3.05) is 20.1 Å². The first-order valence-electron chi connectivity index (χ1n) is 14.2. The highest BCUT2D eigenvalue weighted by Crippen LogP contribution is 2.35. The summed E-state index contributed by atoms with van der Waals surface area (Å²) in [5.74, 6) is 4.45. The Bertz CT molecular complexity index is 1610. The first-order chi connectivity index (χ1) is 20.2. The second-order valence-corrected chi connectivity index (χ2v) is 10.5. The molecule has 208 valence electrons. The third kappa shape index (κ3) is 5.21. The molecule has 3 aromatic carbocycles. The lowest BCUT2D eigenvalue weighted by molar-refractivity contribution is 0.0729. The minimum atomic E-state index is 0.271. The quantitative estimate of drug-likeness (QED) is 0.227. The fourth-order valence-electron chi connectivity index (χ4n) is 5.88. The molecule has 7 heteroatoms. The zero-order valence-electron chi connectivity index (χ0n) is 23.2. The van der Waals surface area contributed by atoms with E-state index in [2.05, 4.69) is 89.2 Å². The zero-order chi connectivity index (χ0) is 27.6. The van der Waals surface area contributed by atoms with E-state index in [-0.39, 0.29) is 6.79 Å². The highest BCUT2D eigenvalue weighted by Gasteiger charge is 2.25. The molecule has 1 aliphatic carbocycles. The van der Waals surface area contributed by atoms with Gasteiger partial charge in [0.1, 0.15) is 11.6 Å². The average molecular weight is 548 g/mol. The summed E-state index contributed by atoms with van der Waals surface area (Å²) in [6.45, 7) is 5.89. The van der Waals surface area contributed by atoms with Crippen molar-refractivity contribution >= 4 is 0 Å². The molecular formula is C34H33N3O4. The standard InChI is InChI=1S/C34H33N3O4/c1-2-37-28(33(26-9-5-3-6-10-26)35-34(37)27-11-7-4-8-12-27)21-36(19-24-13-15-29-31(17-24)40-22-38-29)20-25-14-16-30-32(18-25)41-23-39-30/h3-13,15,17-18H,2,14,16,19-23H2,1H3. The Balaban J connectivity index is 1.28. The van der Waals surface area contributed by atoms with Crippen molar-refractivity contribution < 1.29 is 18.9 Å². The van der Waals surface area contributed by atoms with Crippen LogP contribution in [0.4, 0.5) is 0 Å². The summed E-state index contributed by atoms with van der Waals surface area (Å²) in [6.07, 6.45) is 4.00. The summed E-state index contributed by atoms with van der Waals surface area (Å²) >= 11 is 0. The predicted octanol–water partition coefficient (Wildman–Crippen LogP) is 6.90. The van der Waals surface area contributed by atoms with Gasteiger partial charge in [0.2, 0.25) is 13.6 Å². The Hall–Kier alpha value is -4.49. The number of hydrogen-bond acceptors (Lipinski definition) is 6. The monoisotopic (exact) mass is 547 g/mol. The lowest BCUT2D eigenvalue weighted by atomic mass is 10.0. The van der Waals surface area contributed by atoms with E-state index in [9.17, 15) is 0 Å². The van der Waals surface area contributed by atoms with E-state index >= 15 is 0 Å². The Labute approximate surface area is 240 Å². The van der Waals surface area contributed by atoms with Gasteiger partial charge in [0.25, 0.3) is 0 Å². The van der Waals surface area contributed by atoms with E-state index < -0.39 is 0 Å². The van der Waals surface area contributed by atoms with E-state index in [1.54, 1.807) is 0 Å². The molecule has 7 nitrogen and oxygen atoms in total. The van der Waals surface area contributed by atoms with Gasteiger partial charge in [-0.1, -0.05) is 72.3 Å². The molecule has 0 saturated carbocycles. The molecule has 3 heterocycles. The molecule has 3 aliphatic rings. The number of benzene rings is 3. The SMILES string of the molecule is CCn1c(-c2ccccc2)nc(-c2ccccc2)c1CN(CC1=CC2=C(CC1)OCO2)Cc1ccc2c(c1)OCO2. The molecule has 0 amide bonds. The Morgan fingerprint density at radius 2 is 1.51 bits per heavy atom. The van der Waals surface area contributed by atoms with Crippen LogP contribution in [0.5, 0.6) is 11.5 Å². The van der Waals surface area contributed by atoms with Crippen LogP contribution in [0.3, 0.4) is 0 Å². The van der Waals surface area contributed by atoms with E-state index in [0.717, 1.165) is 84.7 Å². The van der Waals surface area contributed by atoms with Crippen LogP contribution in [0.1, 0.15) is 31.0 Å². The molecule has 0 fully saturated rings. The number of nitrogens with zero attached hydrogens (tertiary/aromatic N) is 3. The van der Waals surface area contributed by atoms with Crippen molar-refractivity contribution in [3.05, 3.63) is 113 Å². The number of fused-ring (bicyclic) bond motifs is 1. The van der Waals surface area contributed by atoms with Crippen LogP contribution < -0.4 is 9.47 Å². The molecule has 0 atom stereocenters. The molecule has 0 radical (unpaired) electrons. The van der Waals surface area contributed by atoms with Crippen molar-refractivity contribution in [1.82, 2.24) is 14.5 Å². The van der Waals surface area contributed by atoms with Gasteiger partial charge in [0, 0.05) is 43.7 Å². The number of imidazole rings is 1. The topological polar surface area (TPSA) is 58.0 Å². The van der Waals surface area contributed by atoms with Crippen LogP contribution in [-0.4, -0.2) is 34.6 Å². The van der Waals surface area contributed by atoms with E-state index in [4.69, 9.17) is 23.9 Å². The average Bonchev–Trinajstić information content (AvgIpc) is 3.76. The molecule has 1 aromatic heterocycles. The summed E-state index contributed by atoms with van der Waals surface area (Å²) in [4.78, 5) is 7.76. The molecule has 0 saturated heterocycles. The number of hydrogen-bond donors (Lipinski definition) is 0. The second-order valence-electron chi connectivity index (χ2n) is 10.5. The Morgan fingerprint density at radius 1 is 0.756 bits per heavy atom. The first kappa shape index (κ1) is 25.5. The van der Waals surface area contributed by atoms with Crippen LogP contribution in [0.2, 0.25) is 0 Å². The van der Waals surface area contributed by atoms with Gasteiger partial charge in [-0.25, -0.2) is 4.98 Å². The number of ether oxygens (including phenoxy) is 4. The smallest absolute Gasteiger partial charge is 0.231 e. The summed E-state index contributed by atoms with van der Waals surface area (Å²) < 4.78 is 25.0. The lowest BCUT2D eigenvalue weighted by Crippen LogP contribution is -2.27. The van der Waals surface area contributed by atoms with E-state index in [1.165, 1.54) is 16.8 Å². The van der Waals surface area contributed by atoms with Crippen LogP contribution in [0, 0.1) is 0 Å². The normalized spacial score (nSPS) is 15.5. The van der Waals surface area contributed by atoms with Crippen molar-refractivity contribution in [2.24, 2.45) is 0 Å². The first-order valence-corrected chi connectivity index (χ1v) is 14.2.